The van der Waals surface area contributed by atoms with Crippen LogP contribution in [0.1, 0.15) is 16.1 Å². The van der Waals surface area contributed by atoms with Crippen molar-refractivity contribution >= 4 is 17.5 Å². The predicted molar refractivity (Wildman–Crippen MR) is 111 cm³/mol. The van der Waals surface area contributed by atoms with Gasteiger partial charge in [-0.3, -0.25) is 9.59 Å². The minimum absolute atomic E-state index is 0.146. The van der Waals surface area contributed by atoms with Crippen molar-refractivity contribution in [2.45, 2.75) is 12.5 Å². The average molecular weight is 401 g/mol. The summed E-state index contributed by atoms with van der Waals surface area (Å²) in [6.07, 6.45) is 4.69. The fourth-order valence-electron chi connectivity index (χ4n) is 3.03. The van der Waals surface area contributed by atoms with Gasteiger partial charge in [0.15, 0.2) is 17.9 Å². The molecule has 4 rings (SSSR count). The van der Waals surface area contributed by atoms with Crippen molar-refractivity contribution in [3.8, 4) is 11.3 Å². The Labute approximate surface area is 172 Å². The third kappa shape index (κ3) is 4.64. The lowest BCUT2D eigenvalue weighted by Crippen LogP contribution is -2.45. The van der Waals surface area contributed by atoms with E-state index >= 15 is 0 Å². The van der Waals surface area contributed by atoms with E-state index < -0.39 is 11.9 Å². The first-order valence-electron chi connectivity index (χ1n) is 9.37. The van der Waals surface area contributed by atoms with Gasteiger partial charge in [-0.05, 0) is 29.8 Å². The number of hydrogen-bond donors (Lipinski definition) is 2. The molecule has 150 valence electrons. The fraction of sp³-hybridized carbons (Fsp3) is 0.0870. The maximum Gasteiger partial charge on any atom is 0.287 e. The zero-order chi connectivity index (χ0) is 20.8. The topological polar surface area (TPSA) is 97.4 Å². The normalized spacial score (nSPS) is 11.6. The molecular weight excluding hydrogens is 382 g/mol. The summed E-state index contributed by atoms with van der Waals surface area (Å²) in [4.78, 5) is 29.4. The Hall–Kier alpha value is -4.13. The summed E-state index contributed by atoms with van der Waals surface area (Å²) >= 11 is 0. The van der Waals surface area contributed by atoms with E-state index in [-0.39, 0.29) is 11.7 Å². The molecule has 0 aliphatic heterocycles. The van der Waals surface area contributed by atoms with Crippen LogP contribution in [0.3, 0.4) is 0 Å². The molecule has 7 nitrogen and oxygen atoms in total. The molecule has 1 unspecified atom stereocenters. The van der Waals surface area contributed by atoms with Crippen LogP contribution in [0.15, 0.2) is 94.4 Å². The summed E-state index contributed by atoms with van der Waals surface area (Å²) < 4.78 is 10.5. The van der Waals surface area contributed by atoms with Crippen LogP contribution in [0.2, 0.25) is 0 Å². The molecule has 1 atom stereocenters. The summed E-state index contributed by atoms with van der Waals surface area (Å²) in [5.41, 5.74) is 2.29. The summed E-state index contributed by atoms with van der Waals surface area (Å²) in [6, 6.07) is 19.1. The van der Waals surface area contributed by atoms with Gasteiger partial charge in [-0.1, -0.05) is 42.5 Å². The number of benzene rings is 2. The van der Waals surface area contributed by atoms with E-state index in [4.69, 9.17) is 8.83 Å². The van der Waals surface area contributed by atoms with Crippen molar-refractivity contribution in [1.82, 2.24) is 10.3 Å². The molecule has 0 spiro atoms. The number of nitrogens with zero attached hydrogens (tertiary/aromatic N) is 1. The number of amides is 2. The van der Waals surface area contributed by atoms with Gasteiger partial charge in [0, 0.05) is 17.7 Å². The summed E-state index contributed by atoms with van der Waals surface area (Å²) in [6.45, 7) is 0. The number of nitrogens with one attached hydrogen (secondary N) is 2. The molecule has 2 aromatic heterocycles. The van der Waals surface area contributed by atoms with Crippen molar-refractivity contribution in [1.29, 1.82) is 0 Å². The van der Waals surface area contributed by atoms with Crippen LogP contribution < -0.4 is 10.6 Å². The first kappa shape index (κ1) is 19.2. The Kier molecular flexibility index (Phi) is 5.70. The van der Waals surface area contributed by atoms with E-state index in [1.54, 1.807) is 36.5 Å². The van der Waals surface area contributed by atoms with E-state index in [0.29, 0.717) is 17.9 Å². The highest BCUT2D eigenvalue weighted by Crippen LogP contribution is 2.22. The minimum atomic E-state index is -0.793. The number of aromatic nitrogens is 1. The number of carbonyl (C=O) groups is 2. The molecule has 7 heteroatoms. The molecule has 0 saturated heterocycles. The molecular formula is C23H19N3O4. The monoisotopic (exact) mass is 401 g/mol. The molecule has 0 radical (unpaired) electrons. The molecule has 0 aliphatic rings. The Morgan fingerprint density at radius 1 is 0.967 bits per heavy atom. The van der Waals surface area contributed by atoms with Crippen LogP contribution >= 0.6 is 0 Å². The largest absolute Gasteiger partial charge is 0.459 e. The molecule has 0 aliphatic carbocycles. The van der Waals surface area contributed by atoms with E-state index in [9.17, 15) is 9.59 Å². The van der Waals surface area contributed by atoms with Crippen LogP contribution in [-0.2, 0) is 11.2 Å². The minimum Gasteiger partial charge on any atom is -0.459 e. The molecule has 0 saturated carbocycles. The standard InChI is InChI=1S/C23H19N3O4/c27-22(25-18-9-4-8-17(13-18)21-14-24-15-30-21)19(12-16-6-2-1-3-7-16)26-23(28)20-10-5-11-29-20/h1-11,13-15,19H,12H2,(H,25,27)(H,26,28). The first-order chi connectivity index (χ1) is 14.7. The van der Waals surface area contributed by atoms with Gasteiger partial charge in [0.2, 0.25) is 5.91 Å². The third-order valence-electron chi connectivity index (χ3n) is 4.50. The van der Waals surface area contributed by atoms with Gasteiger partial charge in [-0.25, -0.2) is 4.98 Å². The Bertz CT molecular complexity index is 1110. The van der Waals surface area contributed by atoms with Gasteiger partial charge in [0.05, 0.1) is 12.5 Å². The molecule has 2 amide bonds. The molecule has 2 N–H and O–H groups in total. The molecule has 4 aromatic rings. The average Bonchev–Trinajstić information content (AvgIpc) is 3.48. The molecule has 2 aromatic carbocycles. The molecule has 0 bridgehead atoms. The van der Waals surface area contributed by atoms with Gasteiger partial charge in [-0.15, -0.1) is 0 Å². The Morgan fingerprint density at radius 3 is 2.57 bits per heavy atom. The Morgan fingerprint density at radius 2 is 1.83 bits per heavy atom. The van der Waals surface area contributed by atoms with E-state index in [1.807, 2.05) is 36.4 Å². The van der Waals surface area contributed by atoms with E-state index in [2.05, 4.69) is 15.6 Å². The summed E-state index contributed by atoms with van der Waals surface area (Å²) in [7, 11) is 0. The van der Waals surface area contributed by atoms with Gasteiger partial charge < -0.3 is 19.5 Å². The highest BCUT2D eigenvalue weighted by molar-refractivity contribution is 6.00. The number of hydrogen-bond acceptors (Lipinski definition) is 5. The number of anilines is 1. The highest BCUT2D eigenvalue weighted by Gasteiger charge is 2.23. The summed E-state index contributed by atoms with van der Waals surface area (Å²) in [5, 5.41) is 5.63. The van der Waals surface area contributed by atoms with Crippen molar-refractivity contribution < 1.29 is 18.4 Å². The first-order valence-corrected chi connectivity index (χ1v) is 9.37. The maximum atomic E-state index is 13.0. The van der Waals surface area contributed by atoms with Crippen LogP contribution in [0, 0.1) is 0 Å². The second-order valence-corrected chi connectivity index (χ2v) is 6.63. The smallest absolute Gasteiger partial charge is 0.287 e. The number of furan rings is 1. The Balaban J connectivity index is 1.53. The second kappa shape index (κ2) is 8.91. The molecule has 2 heterocycles. The lowest BCUT2D eigenvalue weighted by molar-refractivity contribution is -0.118. The highest BCUT2D eigenvalue weighted by atomic mass is 16.3. The van der Waals surface area contributed by atoms with E-state index in [1.165, 1.54) is 12.7 Å². The third-order valence-corrected chi connectivity index (χ3v) is 4.50. The van der Waals surface area contributed by atoms with Gasteiger partial charge in [0.1, 0.15) is 6.04 Å². The van der Waals surface area contributed by atoms with Gasteiger partial charge >= 0.3 is 0 Å². The summed E-state index contributed by atoms with van der Waals surface area (Å²) in [5.74, 6) is -0.0498. The number of rotatable bonds is 7. The SMILES string of the molecule is O=C(NC(Cc1ccccc1)C(=O)Nc1cccc(-c2cnco2)c1)c1ccco1. The lowest BCUT2D eigenvalue weighted by atomic mass is 10.0. The van der Waals surface area contributed by atoms with Crippen LogP contribution in [0.4, 0.5) is 5.69 Å². The number of oxazole rings is 1. The zero-order valence-corrected chi connectivity index (χ0v) is 15.9. The molecule has 30 heavy (non-hydrogen) atoms. The van der Waals surface area contributed by atoms with Crippen LogP contribution in [0.5, 0.6) is 0 Å². The second-order valence-electron chi connectivity index (χ2n) is 6.63. The quantitative estimate of drug-likeness (QED) is 0.489. The van der Waals surface area contributed by atoms with Crippen molar-refractivity contribution in [2.75, 3.05) is 5.32 Å². The number of carbonyl (C=O) groups excluding carboxylic acids is 2. The lowest BCUT2D eigenvalue weighted by Gasteiger charge is -2.18. The predicted octanol–water partition coefficient (Wildman–Crippen LogP) is 3.91. The zero-order valence-electron chi connectivity index (χ0n) is 15.9. The fourth-order valence-corrected chi connectivity index (χ4v) is 3.03. The van der Waals surface area contributed by atoms with Gasteiger partial charge in [-0.2, -0.15) is 0 Å². The maximum absolute atomic E-state index is 13.0. The van der Waals surface area contributed by atoms with Crippen LogP contribution in [-0.4, -0.2) is 22.8 Å². The molecule has 0 fully saturated rings. The van der Waals surface area contributed by atoms with E-state index in [0.717, 1.165) is 11.1 Å². The van der Waals surface area contributed by atoms with Crippen LogP contribution in [0.25, 0.3) is 11.3 Å². The van der Waals surface area contributed by atoms with Crippen molar-refractivity contribution in [2.24, 2.45) is 0 Å². The van der Waals surface area contributed by atoms with Crippen molar-refractivity contribution in [3.05, 3.63) is 96.9 Å². The van der Waals surface area contributed by atoms with Crippen molar-refractivity contribution in [3.63, 3.8) is 0 Å². The van der Waals surface area contributed by atoms with Gasteiger partial charge in [0.25, 0.3) is 5.91 Å².